The summed E-state index contributed by atoms with van der Waals surface area (Å²) in [5.41, 5.74) is 3.43. The van der Waals surface area contributed by atoms with Gasteiger partial charge in [0.2, 0.25) is 0 Å². The van der Waals surface area contributed by atoms with Crippen LogP contribution in [0, 0.1) is 11.3 Å². The van der Waals surface area contributed by atoms with Crippen LogP contribution in [0.4, 0.5) is 0 Å². The first kappa shape index (κ1) is 15.1. The number of pyridine rings is 1. The number of hydrogen-bond acceptors (Lipinski definition) is 5. The number of rotatable bonds is 2. The molecule has 2 aliphatic rings. The molecule has 3 aromatic heterocycles. The van der Waals surface area contributed by atoms with Crippen LogP contribution in [0.1, 0.15) is 47.1 Å². The second-order valence-corrected chi connectivity index (χ2v) is 6.89. The van der Waals surface area contributed by atoms with E-state index >= 15 is 0 Å². The summed E-state index contributed by atoms with van der Waals surface area (Å²) in [4.78, 5) is 23.7. The van der Waals surface area contributed by atoms with E-state index in [1.54, 1.807) is 17.2 Å². The minimum absolute atomic E-state index is 0.0615. The van der Waals surface area contributed by atoms with E-state index in [1.165, 1.54) is 12.8 Å². The van der Waals surface area contributed by atoms with E-state index in [4.69, 9.17) is 5.26 Å². The van der Waals surface area contributed by atoms with Crippen molar-refractivity contribution in [2.75, 3.05) is 6.54 Å². The molecule has 4 heterocycles. The number of carbonyl (C=O) groups is 1. The number of amides is 1. The Balaban J connectivity index is 1.43. The van der Waals surface area contributed by atoms with E-state index in [1.807, 2.05) is 17.1 Å². The Morgan fingerprint density at radius 2 is 2.12 bits per heavy atom. The highest BCUT2D eigenvalue weighted by Crippen LogP contribution is 2.36. The maximum atomic E-state index is 13.0. The molecular formula is C18H17N7O. The summed E-state index contributed by atoms with van der Waals surface area (Å²) < 4.78 is 3.92. The van der Waals surface area contributed by atoms with Gasteiger partial charge < -0.3 is 9.47 Å². The van der Waals surface area contributed by atoms with Crippen molar-refractivity contribution in [1.29, 1.82) is 5.26 Å². The molecule has 1 saturated carbocycles. The van der Waals surface area contributed by atoms with Crippen molar-refractivity contribution >= 4 is 17.1 Å². The number of aryl methyl sites for hydroxylation is 1. The Bertz CT molecular complexity index is 1050. The van der Waals surface area contributed by atoms with Gasteiger partial charge in [0.15, 0.2) is 11.3 Å². The quantitative estimate of drug-likeness (QED) is 0.706. The van der Waals surface area contributed by atoms with Crippen molar-refractivity contribution in [3.05, 3.63) is 41.6 Å². The molecule has 1 fully saturated rings. The minimum atomic E-state index is -0.0615. The van der Waals surface area contributed by atoms with Gasteiger partial charge >= 0.3 is 0 Å². The number of imidazole rings is 1. The SMILES string of the molecule is N#Cc1cc2n(n1)CCCN(C(=O)c1cnc3c(c1)ncn3C1CC1)C2. The Morgan fingerprint density at radius 3 is 2.92 bits per heavy atom. The fourth-order valence-electron chi connectivity index (χ4n) is 3.53. The van der Waals surface area contributed by atoms with Crippen molar-refractivity contribution in [2.24, 2.45) is 0 Å². The van der Waals surface area contributed by atoms with Crippen molar-refractivity contribution < 1.29 is 4.79 Å². The lowest BCUT2D eigenvalue weighted by atomic mass is 10.2. The molecule has 0 bridgehead atoms. The molecule has 0 N–H and O–H groups in total. The smallest absolute Gasteiger partial charge is 0.255 e. The Labute approximate surface area is 149 Å². The van der Waals surface area contributed by atoms with E-state index in [0.717, 1.165) is 23.3 Å². The summed E-state index contributed by atoms with van der Waals surface area (Å²) in [6.07, 6.45) is 6.60. The third-order valence-electron chi connectivity index (χ3n) is 5.02. The molecule has 0 spiro atoms. The Kier molecular flexibility index (Phi) is 3.28. The molecule has 1 aliphatic carbocycles. The fraction of sp³-hybridized carbons (Fsp3) is 0.389. The van der Waals surface area contributed by atoms with E-state index in [0.29, 0.717) is 36.9 Å². The monoisotopic (exact) mass is 347 g/mol. The highest BCUT2D eigenvalue weighted by atomic mass is 16.2. The third kappa shape index (κ3) is 2.44. The second-order valence-electron chi connectivity index (χ2n) is 6.89. The molecule has 0 radical (unpaired) electrons. The molecule has 26 heavy (non-hydrogen) atoms. The minimum Gasteiger partial charge on any atom is -0.333 e. The van der Waals surface area contributed by atoms with Crippen molar-refractivity contribution in [3.63, 3.8) is 0 Å². The first-order valence-electron chi connectivity index (χ1n) is 8.81. The van der Waals surface area contributed by atoms with Crippen LogP contribution in [0.5, 0.6) is 0 Å². The highest BCUT2D eigenvalue weighted by Gasteiger charge is 2.26. The summed E-state index contributed by atoms with van der Waals surface area (Å²) in [5, 5.41) is 13.3. The van der Waals surface area contributed by atoms with Crippen LogP contribution >= 0.6 is 0 Å². The number of nitrogens with zero attached hydrogens (tertiary/aromatic N) is 7. The molecule has 0 saturated heterocycles. The molecule has 3 aromatic rings. The number of hydrogen-bond donors (Lipinski definition) is 0. The molecule has 8 heteroatoms. The zero-order valence-corrected chi connectivity index (χ0v) is 14.2. The van der Waals surface area contributed by atoms with Crippen LogP contribution in [0.2, 0.25) is 0 Å². The van der Waals surface area contributed by atoms with Gasteiger partial charge in [0, 0.05) is 25.3 Å². The molecule has 5 rings (SSSR count). The number of carbonyl (C=O) groups excluding carboxylic acids is 1. The van der Waals surface area contributed by atoms with Gasteiger partial charge in [0.05, 0.1) is 24.1 Å². The van der Waals surface area contributed by atoms with Crippen LogP contribution in [0.3, 0.4) is 0 Å². The topological polar surface area (TPSA) is 92.6 Å². The van der Waals surface area contributed by atoms with Crippen LogP contribution < -0.4 is 0 Å². The van der Waals surface area contributed by atoms with Gasteiger partial charge in [-0.25, -0.2) is 9.97 Å². The van der Waals surface area contributed by atoms with Crippen LogP contribution in [0.15, 0.2) is 24.7 Å². The van der Waals surface area contributed by atoms with Gasteiger partial charge in [-0.3, -0.25) is 9.48 Å². The molecule has 0 aromatic carbocycles. The maximum absolute atomic E-state index is 13.0. The maximum Gasteiger partial charge on any atom is 0.255 e. The largest absolute Gasteiger partial charge is 0.333 e. The fourth-order valence-corrected chi connectivity index (χ4v) is 3.53. The Morgan fingerprint density at radius 1 is 1.23 bits per heavy atom. The average molecular weight is 347 g/mol. The van der Waals surface area contributed by atoms with E-state index in [-0.39, 0.29) is 5.91 Å². The second kappa shape index (κ2) is 5.66. The Hall–Kier alpha value is -3.21. The molecule has 1 amide bonds. The summed E-state index contributed by atoms with van der Waals surface area (Å²) >= 11 is 0. The summed E-state index contributed by atoms with van der Waals surface area (Å²) in [7, 11) is 0. The summed E-state index contributed by atoms with van der Waals surface area (Å²) in [6, 6.07) is 6.15. The molecule has 8 nitrogen and oxygen atoms in total. The van der Waals surface area contributed by atoms with Gasteiger partial charge in [-0.05, 0) is 31.4 Å². The van der Waals surface area contributed by atoms with Crippen molar-refractivity contribution in [2.45, 2.75) is 38.4 Å². The molecule has 1 aliphatic heterocycles. The molecule has 0 atom stereocenters. The predicted molar refractivity (Wildman–Crippen MR) is 92.1 cm³/mol. The lowest BCUT2D eigenvalue weighted by Gasteiger charge is -2.19. The first-order chi connectivity index (χ1) is 12.7. The van der Waals surface area contributed by atoms with Crippen LogP contribution in [0.25, 0.3) is 11.2 Å². The van der Waals surface area contributed by atoms with Gasteiger partial charge in [0.1, 0.15) is 11.6 Å². The van der Waals surface area contributed by atoms with Crippen LogP contribution in [-0.2, 0) is 13.1 Å². The third-order valence-corrected chi connectivity index (χ3v) is 5.02. The average Bonchev–Trinajstić information content (AvgIpc) is 3.35. The zero-order valence-electron chi connectivity index (χ0n) is 14.2. The number of fused-ring (bicyclic) bond motifs is 2. The van der Waals surface area contributed by atoms with Gasteiger partial charge in [-0.2, -0.15) is 10.4 Å². The van der Waals surface area contributed by atoms with Gasteiger partial charge in [-0.1, -0.05) is 0 Å². The van der Waals surface area contributed by atoms with Gasteiger partial charge in [0.25, 0.3) is 5.91 Å². The molecule has 130 valence electrons. The van der Waals surface area contributed by atoms with E-state index in [2.05, 4.69) is 25.7 Å². The van der Waals surface area contributed by atoms with Gasteiger partial charge in [-0.15, -0.1) is 0 Å². The standard InChI is InChI=1S/C18H17N7O/c19-8-13-7-15-10-23(4-1-5-25(15)22-13)18(26)12-6-16-17(20-9-12)24(11-21-16)14-2-3-14/h6-7,9,11,14H,1-5,10H2. The highest BCUT2D eigenvalue weighted by molar-refractivity contribution is 5.96. The summed E-state index contributed by atoms with van der Waals surface area (Å²) in [5.74, 6) is -0.0615. The number of aromatic nitrogens is 5. The van der Waals surface area contributed by atoms with E-state index in [9.17, 15) is 4.79 Å². The normalized spacial score (nSPS) is 17.0. The molecule has 0 unspecified atom stereocenters. The van der Waals surface area contributed by atoms with Crippen LogP contribution in [-0.4, -0.2) is 41.7 Å². The lowest BCUT2D eigenvalue weighted by molar-refractivity contribution is 0.0745. The zero-order chi connectivity index (χ0) is 17.7. The predicted octanol–water partition coefficient (Wildman–Crippen LogP) is 1.88. The number of nitriles is 1. The van der Waals surface area contributed by atoms with Crippen molar-refractivity contribution in [1.82, 2.24) is 29.2 Å². The van der Waals surface area contributed by atoms with Crippen molar-refractivity contribution in [3.8, 4) is 6.07 Å². The lowest BCUT2D eigenvalue weighted by Crippen LogP contribution is -2.30. The first-order valence-corrected chi connectivity index (χ1v) is 8.81. The molecular weight excluding hydrogens is 330 g/mol. The summed E-state index contributed by atoms with van der Waals surface area (Å²) in [6.45, 7) is 1.81. The van der Waals surface area contributed by atoms with E-state index < -0.39 is 0 Å².